The van der Waals surface area contributed by atoms with E-state index in [1.54, 1.807) is 4.90 Å². The summed E-state index contributed by atoms with van der Waals surface area (Å²) in [6.07, 6.45) is -0.181. The van der Waals surface area contributed by atoms with Crippen LogP contribution in [-0.4, -0.2) is 58.8 Å². The van der Waals surface area contributed by atoms with Crippen molar-refractivity contribution in [2.75, 3.05) is 32.4 Å². The second-order valence-electron chi connectivity index (χ2n) is 5.55. The van der Waals surface area contributed by atoms with Crippen LogP contribution in [-0.2, 0) is 4.74 Å². The third-order valence-electron chi connectivity index (χ3n) is 3.02. The van der Waals surface area contributed by atoms with Crippen LogP contribution in [0.15, 0.2) is 0 Å². The van der Waals surface area contributed by atoms with E-state index in [2.05, 4.69) is 11.9 Å². The van der Waals surface area contributed by atoms with Crippen LogP contribution in [0.25, 0.3) is 0 Å². The molecule has 0 saturated carbocycles. The topological polar surface area (TPSA) is 32.8 Å². The maximum Gasteiger partial charge on any atom is 0.410 e. The summed E-state index contributed by atoms with van der Waals surface area (Å²) >= 11 is 1.96. The summed E-state index contributed by atoms with van der Waals surface area (Å²) in [7, 11) is 2.13. The van der Waals surface area contributed by atoms with Crippen molar-refractivity contribution in [3.05, 3.63) is 0 Å². The predicted molar refractivity (Wildman–Crippen MR) is 65.6 cm³/mol. The Bertz CT molecular complexity index is 295. The van der Waals surface area contributed by atoms with Crippen LogP contribution in [0.4, 0.5) is 4.79 Å². The third kappa shape index (κ3) is 2.15. The Morgan fingerprint density at radius 1 is 1.38 bits per heavy atom. The zero-order valence-electron chi connectivity index (χ0n) is 10.4. The van der Waals surface area contributed by atoms with Crippen molar-refractivity contribution in [1.82, 2.24) is 9.80 Å². The van der Waals surface area contributed by atoms with Gasteiger partial charge in [-0.3, -0.25) is 4.90 Å². The largest absolute Gasteiger partial charge is 0.444 e. The van der Waals surface area contributed by atoms with Gasteiger partial charge in [0.1, 0.15) is 10.5 Å². The molecule has 2 rings (SSSR count). The molecule has 0 aromatic rings. The van der Waals surface area contributed by atoms with Crippen LogP contribution in [0, 0.1) is 0 Å². The molecule has 5 heteroatoms. The summed E-state index contributed by atoms with van der Waals surface area (Å²) in [5.41, 5.74) is -0.394. The lowest BCUT2D eigenvalue weighted by atomic mass is 10.1. The molecule has 1 amide bonds. The van der Waals surface area contributed by atoms with E-state index in [-0.39, 0.29) is 11.0 Å². The fourth-order valence-electron chi connectivity index (χ4n) is 2.02. The number of amides is 1. The maximum atomic E-state index is 11.8. The first-order valence-electron chi connectivity index (χ1n) is 5.66. The van der Waals surface area contributed by atoms with Gasteiger partial charge in [0.25, 0.3) is 0 Å². The van der Waals surface area contributed by atoms with E-state index in [0.717, 1.165) is 19.6 Å². The number of likely N-dealkylation sites (N-methyl/N-ethyl adjacent to an activating group) is 1. The Hall–Kier alpha value is -0.420. The van der Waals surface area contributed by atoms with Gasteiger partial charge in [0.2, 0.25) is 0 Å². The Balaban J connectivity index is 1.86. The molecule has 16 heavy (non-hydrogen) atoms. The molecule has 0 radical (unpaired) electrons. The van der Waals surface area contributed by atoms with E-state index in [0.29, 0.717) is 0 Å². The number of hydrogen-bond donors (Lipinski definition) is 0. The number of carbonyl (C=O) groups is 1. The Morgan fingerprint density at radius 2 is 2.00 bits per heavy atom. The van der Waals surface area contributed by atoms with Gasteiger partial charge in [-0.25, -0.2) is 4.79 Å². The molecule has 0 N–H and O–H groups in total. The van der Waals surface area contributed by atoms with E-state index in [9.17, 15) is 4.79 Å². The van der Waals surface area contributed by atoms with E-state index >= 15 is 0 Å². The van der Waals surface area contributed by atoms with Gasteiger partial charge in [0, 0.05) is 12.3 Å². The van der Waals surface area contributed by atoms with Crippen molar-refractivity contribution in [3.8, 4) is 0 Å². The maximum absolute atomic E-state index is 11.8. The number of thioether (sulfide) groups is 1. The van der Waals surface area contributed by atoms with Gasteiger partial charge in [-0.1, -0.05) is 0 Å². The standard InChI is InChI=1S/C11H20N2O2S/c1-10(2,3)15-9(14)13-7-11(8-13)12(4)5-6-16-11/h5-8H2,1-4H3. The smallest absolute Gasteiger partial charge is 0.410 e. The van der Waals surface area contributed by atoms with E-state index in [1.807, 2.05) is 32.5 Å². The monoisotopic (exact) mass is 244 g/mol. The normalized spacial score (nSPS) is 24.6. The molecule has 2 saturated heterocycles. The minimum atomic E-state index is -0.394. The summed E-state index contributed by atoms with van der Waals surface area (Å²) in [6, 6.07) is 0. The van der Waals surface area contributed by atoms with Crippen LogP contribution >= 0.6 is 11.8 Å². The van der Waals surface area contributed by atoms with Crippen LogP contribution in [0.3, 0.4) is 0 Å². The highest BCUT2D eigenvalue weighted by atomic mass is 32.2. The molecular formula is C11H20N2O2S. The molecule has 1 spiro atoms. The Kier molecular flexibility index (Phi) is 2.87. The van der Waals surface area contributed by atoms with E-state index in [1.165, 1.54) is 5.75 Å². The highest BCUT2D eigenvalue weighted by molar-refractivity contribution is 8.01. The lowest BCUT2D eigenvalue weighted by molar-refractivity contribution is -0.0164. The third-order valence-corrected chi connectivity index (χ3v) is 4.51. The number of ether oxygens (including phenoxy) is 1. The summed E-state index contributed by atoms with van der Waals surface area (Å²) in [5, 5.41) is 0. The second-order valence-corrected chi connectivity index (χ2v) is 7.01. The molecule has 0 aromatic heterocycles. The zero-order valence-corrected chi connectivity index (χ0v) is 11.3. The average molecular weight is 244 g/mol. The number of hydrogen-bond acceptors (Lipinski definition) is 4. The van der Waals surface area contributed by atoms with Crippen LogP contribution in [0.1, 0.15) is 20.8 Å². The van der Waals surface area contributed by atoms with E-state index < -0.39 is 5.60 Å². The number of likely N-dealkylation sites (tertiary alicyclic amines) is 1. The van der Waals surface area contributed by atoms with E-state index in [4.69, 9.17) is 4.74 Å². The van der Waals surface area contributed by atoms with Crippen molar-refractivity contribution in [1.29, 1.82) is 0 Å². The first-order valence-corrected chi connectivity index (χ1v) is 6.64. The van der Waals surface area contributed by atoms with Gasteiger partial charge in [-0.05, 0) is 27.8 Å². The minimum Gasteiger partial charge on any atom is -0.444 e. The lowest BCUT2D eigenvalue weighted by Crippen LogP contribution is -2.67. The van der Waals surface area contributed by atoms with Crippen molar-refractivity contribution >= 4 is 17.9 Å². The SMILES string of the molecule is CN1CCSC12CN(C(=O)OC(C)(C)C)C2. The fraction of sp³-hybridized carbons (Fsp3) is 0.909. The highest BCUT2D eigenvalue weighted by Gasteiger charge is 2.52. The molecule has 2 aliphatic heterocycles. The molecule has 0 unspecified atom stereocenters. The molecule has 0 atom stereocenters. The van der Waals surface area contributed by atoms with Crippen molar-refractivity contribution in [2.45, 2.75) is 31.2 Å². The molecule has 0 aliphatic carbocycles. The Labute approximate surface area is 101 Å². The minimum absolute atomic E-state index is 0.177. The van der Waals surface area contributed by atoms with Gasteiger partial charge in [-0.2, -0.15) is 0 Å². The van der Waals surface area contributed by atoms with Crippen molar-refractivity contribution in [3.63, 3.8) is 0 Å². The van der Waals surface area contributed by atoms with Crippen molar-refractivity contribution < 1.29 is 9.53 Å². The first-order chi connectivity index (χ1) is 7.32. The molecule has 0 aromatic carbocycles. The van der Waals surface area contributed by atoms with Gasteiger partial charge in [0.05, 0.1) is 13.1 Å². The van der Waals surface area contributed by atoms with Crippen LogP contribution in [0.5, 0.6) is 0 Å². The molecule has 4 nitrogen and oxygen atoms in total. The summed E-state index contributed by atoms with van der Waals surface area (Å²) in [6.45, 7) is 8.41. The molecular weight excluding hydrogens is 224 g/mol. The molecule has 0 bridgehead atoms. The molecule has 2 heterocycles. The number of rotatable bonds is 0. The first kappa shape index (κ1) is 12.0. The molecule has 2 aliphatic rings. The predicted octanol–water partition coefficient (Wildman–Crippen LogP) is 1.61. The fourth-order valence-corrected chi connectivity index (χ4v) is 3.58. The second kappa shape index (κ2) is 3.81. The van der Waals surface area contributed by atoms with Gasteiger partial charge >= 0.3 is 6.09 Å². The molecule has 2 fully saturated rings. The number of nitrogens with zero attached hydrogens (tertiary/aromatic N) is 2. The van der Waals surface area contributed by atoms with Crippen molar-refractivity contribution in [2.24, 2.45) is 0 Å². The molecule has 92 valence electrons. The summed E-state index contributed by atoms with van der Waals surface area (Å²) < 4.78 is 5.34. The summed E-state index contributed by atoms with van der Waals surface area (Å²) in [5.74, 6) is 1.17. The Morgan fingerprint density at radius 3 is 2.44 bits per heavy atom. The summed E-state index contributed by atoms with van der Waals surface area (Å²) in [4.78, 5) is 16.1. The average Bonchev–Trinajstić information content (AvgIpc) is 2.40. The van der Waals surface area contributed by atoms with Gasteiger partial charge in [-0.15, -0.1) is 11.8 Å². The van der Waals surface area contributed by atoms with Crippen LogP contribution in [0.2, 0.25) is 0 Å². The highest BCUT2D eigenvalue weighted by Crippen LogP contribution is 2.42. The van der Waals surface area contributed by atoms with Gasteiger partial charge in [0.15, 0.2) is 0 Å². The van der Waals surface area contributed by atoms with Crippen LogP contribution < -0.4 is 0 Å². The number of carbonyl (C=O) groups excluding carboxylic acids is 1. The zero-order chi connectivity index (χ0) is 12.0. The lowest BCUT2D eigenvalue weighted by Gasteiger charge is -2.50. The van der Waals surface area contributed by atoms with Gasteiger partial charge < -0.3 is 9.64 Å². The quantitative estimate of drug-likeness (QED) is 0.648.